The average Bonchev–Trinajstić information content (AvgIpc) is 3.53. The summed E-state index contributed by atoms with van der Waals surface area (Å²) in [6, 6.07) is 21.6. The third-order valence-corrected chi connectivity index (χ3v) is 9.41. The molecule has 4 rings (SSSR count). The fourth-order valence-corrected chi connectivity index (χ4v) is 6.62. The molecule has 1 N–H and O–H groups in total. The third-order valence-electron chi connectivity index (χ3n) is 7.62. The van der Waals surface area contributed by atoms with E-state index < -0.39 is 28.5 Å². The number of sulfonamides is 1. The number of ether oxygens (including phenoxy) is 2. The first-order valence-corrected chi connectivity index (χ1v) is 15.6. The van der Waals surface area contributed by atoms with E-state index in [4.69, 9.17) is 9.47 Å². The van der Waals surface area contributed by atoms with Crippen LogP contribution in [0.2, 0.25) is 0 Å². The lowest BCUT2D eigenvalue weighted by Gasteiger charge is -2.32. The number of rotatable bonds is 13. The molecule has 2 amide bonds. The Hall–Kier alpha value is -4.05. The van der Waals surface area contributed by atoms with E-state index in [1.807, 2.05) is 30.3 Å². The molecule has 1 aliphatic rings. The highest BCUT2D eigenvalue weighted by molar-refractivity contribution is 7.92. The van der Waals surface area contributed by atoms with Gasteiger partial charge in [-0.2, -0.15) is 0 Å². The molecule has 0 saturated heterocycles. The Morgan fingerprint density at radius 1 is 0.905 bits per heavy atom. The summed E-state index contributed by atoms with van der Waals surface area (Å²) in [5.41, 5.74) is 1.24. The Balaban J connectivity index is 1.68. The molecule has 0 aromatic heterocycles. The van der Waals surface area contributed by atoms with E-state index in [1.54, 1.807) is 37.3 Å². The van der Waals surface area contributed by atoms with Gasteiger partial charge in [0, 0.05) is 18.7 Å². The van der Waals surface area contributed by atoms with Crippen molar-refractivity contribution in [2.24, 2.45) is 0 Å². The number of hydrogen-bond donors (Lipinski definition) is 1. The summed E-state index contributed by atoms with van der Waals surface area (Å²) in [6.45, 7) is 1.43. The van der Waals surface area contributed by atoms with E-state index in [0.717, 1.165) is 35.6 Å². The lowest BCUT2D eigenvalue weighted by atomic mass is 10.1. The summed E-state index contributed by atoms with van der Waals surface area (Å²) in [4.78, 5) is 28.9. The second kappa shape index (κ2) is 14.2. The molecule has 9 nitrogen and oxygen atoms in total. The number of amides is 2. The molecule has 3 aromatic rings. The zero-order valence-electron chi connectivity index (χ0n) is 24.4. The Morgan fingerprint density at radius 2 is 1.52 bits per heavy atom. The van der Waals surface area contributed by atoms with Crippen molar-refractivity contribution in [2.45, 2.75) is 56.0 Å². The van der Waals surface area contributed by atoms with Gasteiger partial charge >= 0.3 is 0 Å². The highest BCUT2D eigenvalue weighted by Crippen LogP contribution is 2.34. The van der Waals surface area contributed by atoms with Crippen LogP contribution >= 0.6 is 0 Å². The fraction of sp³-hybridized carbons (Fsp3) is 0.375. The first kappa shape index (κ1) is 30.9. The topological polar surface area (TPSA) is 105 Å². The standard InChI is InChI=1S/C32H39N3O6S/c1-24(32(37)33-26-14-10-11-15-26)34(21-20-25-12-6-4-7-13-25)31(36)23-35(42(38,39)28-16-8-5-9-17-28)27-18-19-29(40-2)30(22-27)41-3/h4-9,12-13,16-19,22,24,26H,10-11,14-15,20-21,23H2,1-3H3,(H,33,37)/t24-/m0/s1. The SMILES string of the molecule is COc1ccc(N(CC(=O)N(CCc2ccccc2)[C@@H](C)C(=O)NC2CCCC2)S(=O)(=O)c2ccccc2)cc1OC. The molecule has 1 saturated carbocycles. The fourth-order valence-electron chi connectivity index (χ4n) is 5.19. The Morgan fingerprint density at radius 3 is 2.14 bits per heavy atom. The van der Waals surface area contributed by atoms with Crippen molar-refractivity contribution in [2.75, 3.05) is 31.6 Å². The smallest absolute Gasteiger partial charge is 0.264 e. The third kappa shape index (κ3) is 7.42. The summed E-state index contributed by atoms with van der Waals surface area (Å²) in [5, 5.41) is 3.09. The van der Waals surface area contributed by atoms with Gasteiger partial charge in [0.2, 0.25) is 11.8 Å². The van der Waals surface area contributed by atoms with Crippen molar-refractivity contribution in [3.63, 3.8) is 0 Å². The summed E-state index contributed by atoms with van der Waals surface area (Å²) in [7, 11) is -1.22. The maximum atomic E-state index is 14.1. The van der Waals surface area contributed by atoms with E-state index in [2.05, 4.69) is 5.32 Å². The highest BCUT2D eigenvalue weighted by atomic mass is 32.2. The zero-order valence-corrected chi connectivity index (χ0v) is 25.2. The number of nitrogens with zero attached hydrogens (tertiary/aromatic N) is 2. The van der Waals surface area contributed by atoms with Gasteiger partial charge in [-0.05, 0) is 56.0 Å². The van der Waals surface area contributed by atoms with Gasteiger partial charge in [0.05, 0.1) is 24.8 Å². The van der Waals surface area contributed by atoms with E-state index >= 15 is 0 Å². The first-order valence-electron chi connectivity index (χ1n) is 14.2. The molecule has 1 fully saturated rings. The Labute approximate surface area is 248 Å². The van der Waals surface area contributed by atoms with Crippen molar-refractivity contribution < 1.29 is 27.5 Å². The molecular formula is C32H39N3O6S. The van der Waals surface area contributed by atoms with Crippen LogP contribution in [0, 0.1) is 0 Å². The minimum Gasteiger partial charge on any atom is -0.493 e. The van der Waals surface area contributed by atoms with Crippen molar-refractivity contribution in [1.82, 2.24) is 10.2 Å². The molecule has 224 valence electrons. The van der Waals surface area contributed by atoms with Gasteiger partial charge in [-0.15, -0.1) is 0 Å². The maximum absolute atomic E-state index is 14.1. The van der Waals surface area contributed by atoms with Gasteiger partial charge in [-0.1, -0.05) is 61.4 Å². The molecule has 1 atom stereocenters. The normalized spacial score (nSPS) is 14.2. The van der Waals surface area contributed by atoms with Crippen molar-refractivity contribution >= 4 is 27.5 Å². The Kier molecular flexibility index (Phi) is 10.5. The summed E-state index contributed by atoms with van der Waals surface area (Å²) < 4.78 is 39.7. The van der Waals surface area contributed by atoms with Crippen LogP contribution in [-0.4, -0.2) is 64.5 Å². The predicted molar refractivity (Wildman–Crippen MR) is 162 cm³/mol. The maximum Gasteiger partial charge on any atom is 0.264 e. The molecule has 42 heavy (non-hydrogen) atoms. The lowest BCUT2D eigenvalue weighted by molar-refractivity contribution is -0.139. The van der Waals surface area contributed by atoms with Crippen LogP contribution in [0.3, 0.4) is 0 Å². The van der Waals surface area contributed by atoms with Crippen molar-refractivity contribution in [3.8, 4) is 11.5 Å². The molecule has 0 bridgehead atoms. The number of carbonyl (C=O) groups is 2. The molecule has 3 aromatic carbocycles. The Bertz CT molecular complexity index is 1440. The number of carbonyl (C=O) groups excluding carboxylic acids is 2. The van der Waals surface area contributed by atoms with E-state index in [1.165, 1.54) is 37.3 Å². The minimum atomic E-state index is -4.17. The summed E-state index contributed by atoms with van der Waals surface area (Å²) in [6.07, 6.45) is 4.47. The summed E-state index contributed by atoms with van der Waals surface area (Å²) >= 11 is 0. The zero-order chi connectivity index (χ0) is 30.1. The van der Waals surface area contributed by atoms with Crippen LogP contribution in [-0.2, 0) is 26.0 Å². The predicted octanol–water partition coefficient (Wildman–Crippen LogP) is 4.42. The van der Waals surface area contributed by atoms with Crippen LogP contribution in [0.4, 0.5) is 5.69 Å². The highest BCUT2D eigenvalue weighted by Gasteiger charge is 2.33. The van der Waals surface area contributed by atoms with E-state index in [-0.39, 0.29) is 29.1 Å². The van der Waals surface area contributed by atoms with Gasteiger partial charge in [-0.25, -0.2) is 8.42 Å². The number of hydrogen-bond acceptors (Lipinski definition) is 6. The van der Waals surface area contributed by atoms with Gasteiger partial charge in [0.15, 0.2) is 11.5 Å². The molecule has 0 radical (unpaired) electrons. The van der Waals surface area contributed by atoms with Gasteiger partial charge in [0.25, 0.3) is 10.0 Å². The molecule has 0 spiro atoms. The van der Waals surface area contributed by atoms with Crippen molar-refractivity contribution in [1.29, 1.82) is 0 Å². The number of nitrogens with one attached hydrogen (secondary N) is 1. The lowest BCUT2D eigenvalue weighted by Crippen LogP contribution is -2.53. The van der Waals surface area contributed by atoms with Gasteiger partial charge < -0.3 is 19.7 Å². The quantitative estimate of drug-likeness (QED) is 0.315. The molecule has 1 aliphatic carbocycles. The number of methoxy groups -OCH3 is 2. The van der Waals surface area contributed by atoms with Crippen LogP contribution in [0.5, 0.6) is 11.5 Å². The second-order valence-electron chi connectivity index (χ2n) is 10.4. The number of anilines is 1. The van der Waals surface area contributed by atoms with E-state index in [0.29, 0.717) is 17.9 Å². The van der Waals surface area contributed by atoms with Crippen LogP contribution in [0.25, 0.3) is 0 Å². The second-order valence-corrected chi connectivity index (χ2v) is 12.2. The van der Waals surface area contributed by atoms with E-state index in [9.17, 15) is 18.0 Å². The van der Waals surface area contributed by atoms with Gasteiger partial charge in [-0.3, -0.25) is 13.9 Å². The average molecular weight is 594 g/mol. The molecule has 0 aliphatic heterocycles. The monoisotopic (exact) mass is 593 g/mol. The molecular weight excluding hydrogens is 554 g/mol. The largest absolute Gasteiger partial charge is 0.493 e. The molecule has 10 heteroatoms. The molecule has 0 unspecified atom stereocenters. The van der Waals surface area contributed by atoms with Crippen LogP contribution in [0.15, 0.2) is 83.8 Å². The van der Waals surface area contributed by atoms with Crippen molar-refractivity contribution in [3.05, 3.63) is 84.4 Å². The molecule has 0 heterocycles. The first-order chi connectivity index (χ1) is 20.2. The van der Waals surface area contributed by atoms with Crippen LogP contribution < -0.4 is 19.1 Å². The summed E-state index contributed by atoms with van der Waals surface area (Å²) in [5.74, 6) is 0.00784. The number of benzene rings is 3. The van der Waals surface area contributed by atoms with Gasteiger partial charge in [0.1, 0.15) is 12.6 Å². The van der Waals surface area contributed by atoms with Crippen LogP contribution in [0.1, 0.15) is 38.2 Å². The minimum absolute atomic E-state index is 0.0374.